The molecule has 1 atom stereocenters. The standard InChI is InChI=1S/C18H19F2N3O2S/c1-10(2)15-7-17(25)23-11(9-26-18(23)22-15)6-16(24)21-8-12-13(19)4-3-5-14(12)20/h3-5,7,10-11H,6,8-9H2,1-2H3,(H,21,24)/t11-/m1/s1. The van der Waals surface area contributed by atoms with Gasteiger partial charge < -0.3 is 5.32 Å². The molecule has 138 valence electrons. The number of carbonyl (C=O) groups excluding carboxylic acids is 1. The van der Waals surface area contributed by atoms with Gasteiger partial charge in [0.05, 0.1) is 11.7 Å². The third-order valence-corrected chi connectivity index (χ3v) is 5.34. The van der Waals surface area contributed by atoms with Crippen LogP contribution >= 0.6 is 11.8 Å². The SMILES string of the molecule is CC(C)c1cc(=O)n2c(n1)SC[C@H]2CC(=O)NCc1c(F)cccc1F. The number of rotatable bonds is 5. The molecule has 1 N–H and O–H groups in total. The van der Waals surface area contributed by atoms with E-state index in [2.05, 4.69) is 10.3 Å². The van der Waals surface area contributed by atoms with Crippen molar-refractivity contribution in [1.29, 1.82) is 0 Å². The number of amides is 1. The lowest BCUT2D eigenvalue weighted by Gasteiger charge is -2.14. The zero-order valence-corrected chi connectivity index (χ0v) is 15.3. The van der Waals surface area contributed by atoms with E-state index < -0.39 is 11.6 Å². The van der Waals surface area contributed by atoms with Crippen molar-refractivity contribution in [3.05, 3.63) is 57.5 Å². The van der Waals surface area contributed by atoms with E-state index in [0.29, 0.717) is 10.9 Å². The number of nitrogens with zero attached hydrogens (tertiary/aromatic N) is 2. The van der Waals surface area contributed by atoms with Gasteiger partial charge in [-0.1, -0.05) is 31.7 Å². The zero-order chi connectivity index (χ0) is 18.8. The predicted octanol–water partition coefficient (Wildman–Crippen LogP) is 3.00. The van der Waals surface area contributed by atoms with E-state index in [9.17, 15) is 18.4 Å². The van der Waals surface area contributed by atoms with Crippen LogP contribution in [0, 0.1) is 11.6 Å². The fourth-order valence-electron chi connectivity index (χ4n) is 2.79. The molecule has 1 aromatic carbocycles. The maximum absolute atomic E-state index is 13.6. The van der Waals surface area contributed by atoms with Crippen LogP contribution in [0.5, 0.6) is 0 Å². The average Bonchev–Trinajstić information content (AvgIpc) is 2.97. The van der Waals surface area contributed by atoms with Crippen molar-refractivity contribution in [3.8, 4) is 0 Å². The highest BCUT2D eigenvalue weighted by Crippen LogP contribution is 2.32. The molecular weight excluding hydrogens is 360 g/mol. The lowest BCUT2D eigenvalue weighted by molar-refractivity contribution is -0.121. The summed E-state index contributed by atoms with van der Waals surface area (Å²) in [5.41, 5.74) is 0.373. The lowest BCUT2D eigenvalue weighted by atomic mass is 10.1. The molecule has 0 saturated heterocycles. The van der Waals surface area contributed by atoms with E-state index in [1.807, 2.05) is 13.8 Å². The van der Waals surface area contributed by atoms with Gasteiger partial charge in [-0.25, -0.2) is 13.8 Å². The number of nitrogens with one attached hydrogen (secondary N) is 1. The van der Waals surface area contributed by atoms with Crippen LogP contribution in [-0.2, 0) is 11.3 Å². The Bertz CT molecular complexity index is 878. The van der Waals surface area contributed by atoms with Crippen LogP contribution in [0.1, 0.15) is 43.5 Å². The molecule has 0 saturated carbocycles. The smallest absolute Gasteiger partial charge is 0.254 e. The predicted molar refractivity (Wildman–Crippen MR) is 95.2 cm³/mol. The topological polar surface area (TPSA) is 64.0 Å². The zero-order valence-electron chi connectivity index (χ0n) is 14.5. The van der Waals surface area contributed by atoms with Crippen LogP contribution in [0.25, 0.3) is 0 Å². The fraction of sp³-hybridized carbons (Fsp3) is 0.389. The summed E-state index contributed by atoms with van der Waals surface area (Å²) in [7, 11) is 0. The highest BCUT2D eigenvalue weighted by Gasteiger charge is 2.28. The number of carbonyl (C=O) groups is 1. The Hall–Kier alpha value is -2.22. The molecule has 1 aliphatic rings. The molecule has 1 aromatic heterocycles. The van der Waals surface area contributed by atoms with E-state index in [1.54, 1.807) is 0 Å². The van der Waals surface area contributed by atoms with Gasteiger partial charge in [0.2, 0.25) is 5.91 Å². The Kier molecular flexibility index (Phi) is 5.41. The summed E-state index contributed by atoms with van der Waals surface area (Å²) in [6.45, 7) is 3.69. The number of aromatic nitrogens is 2. The van der Waals surface area contributed by atoms with Gasteiger partial charge in [0.15, 0.2) is 5.16 Å². The normalized spacial score (nSPS) is 16.0. The molecule has 26 heavy (non-hydrogen) atoms. The van der Waals surface area contributed by atoms with Gasteiger partial charge in [-0.15, -0.1) is 0 Å². The second-order valence-electron chi connectivity index (χ2n) is 6.47. The maximum Gasteiger partial charge on any atom is 0.254 e. The highest BCUT2D eigenvalue weighted by atomic mass is 32.2. The summed E-state index contributed by atoms with van der Waals surface area (Å²) in [5, 5.41) is 3.13. The Morgan fingerprint density at radius 2 is 2.08 bits per heavy atom. The number of hydrogen-bond donors (Lipinski definition) is 1. The van der Waals surface area contributed by atoms with Gasteiger partial charge in [-0.2, -0.15) is 0 Å². The van der Waals surface area contributed by atoms with Crippen LogP contribution in [0.15, 0.2) is 34.2 Å². The van der Waals surface area contributed by atoms with Gasteiger partial charge in [-0.3, -0.25) is 14.2 Å². The van der Waals surface area contributed by atoms with E-state index in [4.69, 9.17) is 0 Å². The summed E-state index contributed by atoms with van der Waals surface area (Å²) in [5.74, 6) is -1.06. The lowest BCUT2D eigenvalue weighted by Crippen LogP contribution is -2.31. The summed E-state index contributed by atoms with van der Waals surface area (Å²) >= 11 is 1.43. The summed E-state index contributed by atoms with van der Waals surface area (Å²) in [6.07, 6.45) is 0.0542. The van der Waals surface area contributed by atoms with Gasteiger partial charge in [-0.05, 0) is 18.1 Å². The Labute approximate surface area is 153 Å². The van der Waals surface area contributed by atoms with Crippen molar-refractivity contribution >= 4 is 17.7 Å². The van der Waals surface area contributed by atoms with Crippen molar-refractivity contribution < 1.29 is 13.6 Å². The second-order valence-corrected chi connectivity index (χ2v) is 7.46. The monoisotopic (exact) mass is 379 g/mol. The molecular formula is C18H19F2N3O2S. The van der Waals surface area contributed by atoms with Crippen LogP contribution in [0.3, 0.4) is 0 Å². The van der Waals surface area contributed by atoms with E-state index in [-0.39, 0.29) is 42.0 Å². The first-order chi connectivity index (χ1) is 12.4. The Balaban J connectivity index is 1.68. The Morgan fingerprint density at radius 3 is 2.73 bits per heavy atom. The summed E-state index contributed by atoms with van der Waals surface area (Å²) in [6, 6.07) is 4.74. The first-order valence-corrected chi connectivity index (χ1v) is 9.31. The van der Waals surface area contributed by atoms with Gasteiger partial charge in [0.25, 0.3) is 5.56 Å². The van der Waals surface area contributed by atoms with Crippen molar-refractivity contribution in [2.75, 3.05) is 5.75 Å². The average molecular weight is 379 g/mol. The molecule has 8 heteroatoms. The quantitative estimate of drug-likeness (QED) is 0.812. The molecule has 0 fully saturated rings. The minimum atomic E-state index is -0.700. The van der Waals surface area contributed by atoms with Crippen LogP contribution < -0.4 is 10.9 Å². The first kappa shape index (κ1) is 18.6. The van der Waals surface area contributed by atoms with Crippen molar-refractivity contribution in [1.82, 2.24) is 14.9 Å². The van der Waals surface area contributed by atoms with Crippen molar-refractivity contribution in [3.63, 3.8) is 0 Å². The number of benzene rings is 1. The maximum atomic E-state index is 13.6. The van der Waals surface area contributed by atoms with Crippen LogP contribution in [-0.4, -0.2) is 21.2 Å². The van der Waals surface area contributed by atoms with Crippen LogP contribution in [0.2, 0.25) is 0 Å². The number of fused-ring (bicyclic) bond motifs is 1. The van der Waals surface area contributed by atoms with Crippen LogP contribution in [0.4, 0.5) is 8.78 Å². The largest absolute Gasteiger partial charge is 0.352 e. The van der Waals surface area contributed by atoms with E-state index in [0.717, 1.165) is 17.8 Å². The fourth-order valence-corrected chi connectivity index (χ4v) is 3.95. The molecule has 0 radical (unpaired) electrons. The van der Waals surface area contributed by atoms with Gasteiger partial charge >= 0.3 is 0 Å². The summed E-state index contributed by atoms with van der Waals surface area (Å²) < 4.78 is 28.7. The van der Waals surface area contributed by atoms with Crippen molar-refractivity contribution in [2.45, 2.75) is 43.9 Å². The van der Waals surface area contributed by atoms with E-state index >= 15 is 0 Å². The minimum Gasteiger partial charge on any atom is -0.352 e. The van der Waals surface area contributed by atoms with Gasteiger partial charge in [0, 0.05) is 30.3 Å². The van der Waals surface area contributed by atoms with E-state index in [1.165, 1.54) is 28.5 Å². The second kappa shape index (κ2) is 7.57. The molecule has 1 aliphatic heterocycles. The third-order valence-electron chi connectivity index (χ3n) is 4.25. The molecule has 0 bridgehead atoms. The van der Waals surface area contributed by atoms with Crippen molar-refractivity contribution in [2.24, 2.45) is 0 Å². The first-order valence-electron chi connectivity index (χ1n) is 8.32. The van der Waals surface area contributed by atoms with Gasteiger partial charge in [0.1, 0.15) is 11.6 Å². The number of halogens is 2. The third kappa shape index (κ3) is 3.80. The molecule has 2 aromatic rings. The number of hydrogen-bond acceptors (Lipinski definition) is 4. The molecule has 1 amide bonds. The number of thioether (sulfide) groups is 1. The highest BCUT2D eigenvalue weighted by molar-refractivity contribution is 7.99. The molecule has 0 unspecified atom stereocenters. The molecule has 0 aliphatic carbocycles. The summed E-state index contributed by atoms with van der Waals surface area (Å²) in [4.78, 5) is 29.0. The minimum absolute atomic E-state index is 0.0542. The molecule has 2 heterocycles. The molecule has 0 spiro atoms. The molecule has 5 nitrogen and oxygen atoms in total. The Morgan fingerprint density at radius 1 is 1.38 bits per heavy atom. The molecule has 3 rings (SSSR count).